The molecule has 0 aliphatic rings. The van der Waals surface area contributed by atoms with Gasteiger partial charge in [-0.15, -0.1) is 0 Å². The summed E-state index contributed by atoms with van der Waals surface area (Å²) in [5.74, 6) is 2.18. The Hall–Kier alpha value is -0.210. The Morgan fingerprint density at radius 2 is 1.93 bits per heavy atom. The Morgan fingerprint density at radius 1 is 1.21 bits per heavy atom. The van der Waals surface area contributed by atoms with E-state index in [1.165, 1.54) is 24.0 Å². The molecule has 82 valence electrons. The van der Waals surface area contributed by atoms with Crippen LogP contribution in [0, 0.1) is 0 Å². The van der Waals surface area contributed by atoms with E-state index in [9.17, 15) is 0 Å². The van der Waals surface area contributed by atoms with E-state index in [1.807, 2.05) is 11.8 Å². The molecule has 0 radical (unpaired) electrons. The zero-order valence-corrected chi connectivity index (χ0v) is 10.5. The van der Waals surface area contributed by atoms with Gasteiger partial charge in [-0.2, -0.15) is 11.8 Å². The van der Waals surface area contributed by atoms with Crippen LogP contribution < -0.4 is 5.73 Å². The second kappa shape index (κ2) is 9.35. The van der Waals surface area contributed by atoms with E-state index < -0.39 is 0 Å². The monoisotopic (exact) mass is 213 g/mol. The first-order chi connectivity index (χ1) is 6.66. The molecule has 1 nitrogen and oxygen atoms in total. The summed E-state index contributed by atoms with van der Waals surface area (Å²) in [5.41, 5.74) is 8.31. The molecule has 0 aliphatic carbocycles. The molecule has 0 rings (SSSR count). The number of rotatable bonds is 7. The minimum Gasteiger partial charge on any atom is -0.330 e. The molecule has 0 aromatic rings. The van der Waals surface area contributed by atoms with Crippen LogP contribution in [0.25, 0.3) is 0 Å². The van der Waals surface area contributed by atoms with Gasteiger partial charge in [0.2, 0.25) is 0 Å². The minimum atomic E-state index is 0.787. The third-order valence-corrected chi connectivity index (χ3v) is 2.83. The summed E-state index contributed by atoms with van der Waals surface area (Å²) in [6.45, 7) is 7.30. The highest BCUT2D eigenvalue weighted by atomic mass is 32.2. The van der Waals surface area contributed by atoms with Gasteiger partial charge in [0, 0.05) is 18.1 Å². The molecule has 0 fully saturated rings. The van der Waals surface area contributed by atoms with Crippen molar-refractivity contribution in [3.05, 3.63) is 23.3 Å². The van der Waals surface area contributed by atoms with Crippen LogP contribution in [0.1, 0.15) is 33.6 Å². The molecule has 0 amide bonds. The molecule has 2 N–H and O–H groups in total. The van der Waals surface area contributed by atoms with Crippen LogP contribution in [0.3, 0.4) is 0 Å². The zero-order valence-electron chi connectivity index (χ0n) is 9.68. The maximum atomic E-state index is 5.41. The smallest absolute Gasteiger partial charge is 0.0116 e. The summed E-state index contributed by atoms with van der Waals surface area (Å²) in [6.07, 6.45) is 6.98. The van der Waals surface area contributed by atoms with Gasteiger partial charge in [-0.05, 0) is 33.6 Å². The molecule has 0 heterocycles. The van der Waals surface area contributed by atoms with Crippen LogP contribution in [-0.2, 0) is 0 Å². The largest absolute Gasteiger partial charge is 0.330 e. The number of thioether (sulfide) groups is 1. The Bertz CT molecular complexity index is 190. The van der Waals surface area contributed by atoms with Gasteiger partial charge in [0.05, 0.1) is 0 Å². The fourth-order valence-corrected chi connectivity index (χ4v) is 1.79. The molecule has 0 aliphatic heterocycles. The Kier molecular flexibility index (Phi) is 9.21. The van der Waals surface area contributed by atoms with Crippen molar-refractivity contribution >= 4 is 11.8 Å². The van der Waals surface area contributed by atoms with E-state index in [4.69, 9.17) is 5.73 Å². The lowest BCUT2D eigenvalue weighted by Gasteiger charge is -1.99. The molecule has 0 atom stereocenters. The predicted octanol–water partition coefficient (Wildman–Crippen LogP) is 3.37. The standard InChI is InChI=1S/C12H23NS/c1-11(2)5-4-6-12(3)7-9-14-10-8-13/h5,7H,4,6,8-10,13H2,1-3H3. The highest BCUT2D eigenvalue weighted by Gasteiger charge is 1.89. The second-order valence-electron chi connectivity index (χ2n) is 3.73. The van der Waals surface area contributed by atoms with Crippen molar-refractivity contribution in [1.29, 1.82) is 0 Å². The molecular weight excluding hydrogens is 190 g/mol. The molecular formula is C12H23NS. The highest BCUT2D eigenvalue weighted by molar-refractivity contribution is 7.99. The van der Waals surface area contributed by atoms with Crippen LogP contribution in [0.5, 0.6) is 0 Å². The van der Waals surface area contributed by atoms with Crippen LogP contribution in [0.4, 0.5) is 0 Å². The lowest BCUT2D eigenvalue weighted by molar-refractivity contribution is 0.964. The summed E-state index contributed by atoms with van der Waals surface area (Å²) >= 11 is 1.90. The van der Waals surface area contributed by atoms with Crippen molar-refractivity contribution < 1.29 is 0 Å². The lowest BCUT2D eigenvalue weighted by atomic mass is 10.1. The van der Waals surface area contributed by atoms with Crippen molar-refractivity contribution in [2.45, 2.75) is 33.6 Å². The van der Waals surface area contributed by atoms with Gasteiger partial charge in [0.1, 0.15) is 0 Å². The van der Waals surface area contributed by atoms with Crippen LogP contribution in [0.2, 0.25) is 0 Å². The Balaban J connectivity index is 3.52. The predicted molar refractivity (Wildman–Crippen MR) is 68.8 cm³/mol. The first kappa shape index (κ1) is 13.8. The van der Waals surface area contributed by atoms with Gasteiger partial charge in [-0.3, -0.25) is 0 Å². The van der Waals surface area contributed by atoms with E-state index >= 15 is 0 Å². The third kappa shape index (κ3) is 9.87. The minimum absolute atomic E-state index is 0.787. The van der Waals surface area contributed by atoms with Gasteiger partial charge in [0.25, 0.3) is 0 Å². The van der Waals surface area contributed by atoms with Crippen LogP contribution >= 0.6 is 11.8 Å². The first-order valence-electron chi connectivity index (χ1n) is 5.23. The Labute approximate surface area is 92.8 Å². The molecule has 0 aromatic heterocycles. The second-order valence-corrected chi connectivity index (χ2v) is 4.88. The highest BCUT2D eigenvalue weighted by Crippen LogP contribution is 2.08. The fraction of sp³-hybridized carbons (Fsp3) is 0.667. The van der Waals surface area contributed by atoms with Crippen molar-refractivity contribution in [2.75, 3.05) is 18.1 Å². The van der Waals surface area contributed by atoms with Crippen molar-refractivity contribution in [1.82, 2.24) is 0 Å². The number of hydrogen-bond donors (Lipinski definition) is 1. The normalized spacial score (nSPS) is 11.6. The third-order valence-electron chi connectivity index (χ3n) is 1.90. The van der Waals surface area contributed by atoms with Crippen molar-refractivity contribution in [2.24, 2.45) is 5.73 Å². The topological polar surface area (TPSA) is 26.0 Å². The van der Waals surface area contributed by atoms with Crippen molar-refractivity contribution in [3.63, 3.8) is 0 Å². The van der Waals surface area contributed by atoms with E-state index in [-0.39, 0.29) is 0 Å². The van der Waals surface area contributed by atoms with Gasteiger partial charge in [-0.25, -0.2) is 0 Å². The number of hydrogen-bond acceptors (Lipinski definition) is 2. The van der Waals surface area contributed by atoms with Gasteiger partial charge in [0.15, 0.2) is 0 Å². The number of nitrogens with two attached hydrogens (primary N) is 1. The van der Waals surface area contributed by atoms with Gasteiger partial charge < -0.3 is 5.73 Å². The molecule has 14 heavy (non-hydrogen) atoms. The summed E-state index contributed by atoms with van der Waals surface area (Å²) in [7, 11) is 0. The lowest BCUT2D eigenvalue weighted by Crippen LogP contribution is -2.01. The summed E-state index contributed by atoms with van der Waals surface area (Å²) in [5, 5.41) is 0. The average molecular weight is 213 g/mol. The summed E-state index contributed by atoms with van der Waals surface area (Å²) in [4.78, 5) is 0. The Morgan fingerprint density at radius 3 is 2.50 bits per heavy atom. The van der Waals surface area contributed by atoms with Crippen LogP contribution in [-0.4, -0.2) is 18.1 Å². The van der Waals surface area contributed by atoms with Gasteiger partial charge in [-0.1, -0.05) is 23.3 Å². The maximum Gasteiger partial charge on any atom is 0.0116 e. The first-order valence-corrected chi connectivity index (χ1v) is 6.39. The quantitative estimate of drug-likeness (QED) is 0.518. The van der Waals surface area contributed by atoms with E-state index in [1.54, 1.807) is 0 Å². The zero-order chi connectivity index (χ0) is 10.8. The molecule has 0 saturated carbocycles. The van der Waals surface area contributed by atoms with Crippen LogP contribution in [0.15, 0.2) is 23.3 Å². The van der Waals surface area contributed by atoms with E-state index in [0.717, 1.165) is 18.1 Å². The molecule has 2 heteroatoms. The van der Waals surface area contributed by atoms with Crippen molar-refractivity contribution in [3.8, 4) is 0 Å². The van der Waals surface area contributed by atoms with E-state index in [0.29, 0.717) is 0 Å². The number of allylic oxidation sites excluding steroid dienone is 3. The average Bonchev–Trinajstić information content (AvgIpc) is 2.12. The SMILES string of the molecule is CC(C)=CCCC(C)=CCSCCN. The summed E-state index contributed by atoms with van der Waals surface area (Å²) < 4.78 is 0. The molecule has 0 aromatic carbocycles. The molecule has 0 saturated heterocycles. The van der Waals surface area contributed by atoms with Gasteiger partial charge >= 0.3 is 0 Å². The molecule has 0 spiro atoms. The maximum absolute atomic E-state index is 5.41. The molecule has 0 unspecified atom stereocenters. The summed E-state index contributed by atoms with van der Waals surface area (Å²) in [6, 6.07) is 0. The molecule has 0 bridgehead atoms. The van der Waals surface area contributed by atoms with E-state index in [2.05, 4.69) is 32.9 Å². The fourth-order valence-electron chi connectivity index (χ4n) is 1.06.